The molecule has 74 valence electrons. The van der Waals surface area contributed by atoms with Crippen LogP contribution in [-0.2, 0) is 0 Å². The zero-order valence-electron chi connectivity index (χ0n) is 8.58. The van der Waals surface area contributed by atoms with Gasteiger partial charge in [0.05, 0.1) is 6.17 Å². The van der Waals surface area contributed by atoms with Crippen LogP contribution in [0.5, 0.6) is 0 Å². The van der Waals surface area contributed by atoms with Crippen molar-refractivity contribution >= 4 is 0 Å². The van der Waals surface area contributed by atoms with Crippen LogP contribution in [0.1, 0.15) is 32.6 Å². The molecule has 2 rings (SSSR count). The summed E-state index contributed by atoms with van der Waals surface area (Å²) in [5.74, 6) is 0. The lowest BCUT2D eigenvalue weighted by molar-refractivity contribution is 0.0261. The van der Waals surface area contributed by atoms with Crippen LogP contribution in [0.3, 0.4) is 0 Å². The van der Waals surface area contributed by atoms with E-state index in [2.05, 4.69) is 29.0 Å². The molecule has 1 saturated heterocycles. The highest BCUT2D eigenvalue weighted by Crippen LogP contribution is 2.21. The summed E-state index contributed by atoms with van der Waals surface area (Å²) in [6.07, 6.45) is 10.6. The molecule has 2 heterocycles. The lowest BCUT2D eigenvalue weighted by Crippen LogP contribution is -2.51. The van der Waals surface area contributed by atoms with E-state index in [1.807, 2.05) is 0 Å². The van der Waals surface area contributed by atoms with E-state index in [1.165, 1.54) is 45.3 Å². The van der Waals surface area contributed by atoms with Crippen molar-refractivity contribution in [1.82, 2.24) is 9.80 Å². The van der Waals surface area contributed by atoms with Crippen LogP contribution in [0.15, 0.2) is 12.3 Å². The summed E-state index contributed by atoms with van der Waals surface area (Å²) in [5.41, 5.74) is 0. The van der Waals surface area contributed by atoms with E-state index in [4.69, 9.17) is 0 Å². The molecule has 0 bridgehead atoms. The highest BCUT2D eigenvalue weighted by molar-refractivity contribution is 4.95. The Balaban J connectivity index is 1.91. The number of likely N-dealkylation sites (tertiary alicyclic amines) is 1. The number of nitrogens with zero attached hydrogens (tertiary/aromatic N) is 2. The first-order valence-corrected chi connectivity index (χ1v) is 5.58. The van der Waals surface area contributed by atoms with Gasteiger partial charge in [-0.3, -0.25) is 4.90 Å². The zero-order valence-corrected chi connectivity index (χ0v) is 8.58. The standard InChI is InChI=1S/C11H20N2/c1-2-6-11(13-9-5-10-13)12-7-3-4-8-12/h3,7,11H,2,4-6,8-10H2,1H3. The van der Waals surface area contributed by atoms with Crippen LogP contribution in [0, 0.1) is 0 Å². The van der Waals surface area contributed by atoms with E-state index in [9.17, 15) is 0 Å². The van der Waals surface area contributed by atoms with Gasteiger partial charge in [-0.15, -0.1) is 0 Å². The van der Waals surface area contributed by atoms with Crippen LogP contribution in [-0.4, -0.2) is 35.6 Å². The monoisotopic (exact) mass is 180 g/mol. The van der Waals surface area contributed by atoms with Crippen LogP contribution in [0.25, 0.3) is 0 Å². The van der Waals surface area contributed by atoms with Gasteiger partial charge in [0, 0.05) is 19.6 Å². The summed E-state index contributed by atoms with van der Waals surface area (Å²) in [7, 11) is 0. The van der Waals surface area contributed by atoms with Gasteiger partial charge in [-0.25, -0.2) is 0 Å². The van der Waals surface area contributed by atoms with Gasteiger partial charge >= 0.3 is 0 Å². The smallest absolute Gasteiger partial charge is 0.0815 e. The minimum Gasteiger partial charge on any atom is -0.362 e. The third kappa shape index (κ3) is 1.88. The summed E-state index contributed by atoms with van der Waals surface area (Å²) >= 11 is 0. The molecule has 0 N–H and O–H groups in total. The summed E-state index contributed by atoms with van der Waals surface area (Å²) in [6, 6.07) is 0. The predicted molar refractivity (Wildman–Crippen MR) is 55.3 cm³/mol. The second-order valence-corrected chi connectivity index (χ2v) is 4.07. The second-order valence-electron chi connectivity index (χ2n) is 4.07. The molecular weight excluding hydrogens is 160 g/mol. The molecule has 0 aliphatic carbocycles. The van der Waals surface area contributed by atoms with Gasteiger partial charge in [0.1, 0.15) is 0 Å². The molecule has 1 fully saturated rings. The molecule has 2 nitrogen and oxygen atoms in total. The van der Waals surface area contributed by atoms with Crippen molar-refractivity contribution in [2.45, 2.75) is 38.8 Å². The molecule has 2 aliphatic heterocycles. The van der Waals surface area contributed by atoms with Crippen LogP contribution in [0.2, 0.25) is 0 Å². The topological polar surface area (TPSA) is 6.48 Å². The Bertz CT molecular complexity index is 185. The van der Waals surface area contributed by atoms with E-state index in [-0.39, 0.29) is 0 Å². The van der Waals surface area contributed by atoms with Gasteiger partial charge in [-0.2, -0.15) is 0 Å². The van der Waals surface area contributed by atoms with Gasteiger partial charge in [0.25, 0.3) is 0 Å². The van der Waals surface area contributed by atoms with Crippen molar-refractivity contribution < 1.29 is 0 Å². The Morgan fingerprint density at radius 3 is 2.62 bits per heavy atom. The van der Waals surface area contributed by atoms with Crippen molar-refractivity contribution in [3.8, 4) is 0 Å². The molecule has 0 spiro atoms. The molecule has 0 aromatic rings. The van der Waals surface area contributed by atoms with Gasteiger partial charge in [0.15, 0.2) is 0 Å². The molecule has 13 heavy (non-hydrogen) atoms. The third-order valence-corrected chi connectivity index (χ3v) is 3.09. The molecule has 0 amide bonds. The number of hydrogen-bond acceptors (Lipinski definition) is 2. The van der Waals surface area contributed by atoms with E-state index in [0.29, 0.717) is 6.17 Å². The lowest BCUT2D eigenvalue weighted by Gasteiger charge is -2.43. The van der Waals surface area contributed by atoms with Crippen LogP contribution in [0.4, 0.5) is 0 Å². The minimum absolute atomic E-state index is 0.706. The Labute approximate surface area is 81.2 Å². The first kappa shape index (κ1) is 9.07. The molecule has 1 atom stereocenters. The molecule has 0 saturated carbocycles. The second kappa shape index (κ2) is 4.14. The number of rotatable bonds is 4. The largest absolute Gasteiger partial charge is 0.362 e. The summed E-state index contributed by atoms with van der Waals surface area (Å²) in [6.45, 7) is 6.15. The average molecular weight is 180 g/mol. The summed E-state index contributed by atoms with van der Waals surface area (Å²) in [5, 5.41) is 0. The van der Waals surface area contributed by atoms with E-state index < -0.39 is 0 Å². The van der Waals surface area contributed by atoms with Crippen LogP contribution >= 0.6 is 0 Å². The molecule has 2 heteroatoms. The highest BCUT2D eigenvalue weighted by atomic mass is 15.4. The lowest BCUT2D eigenvalue weighted by atomic mass is 10.1. The molecule has 1 unspecified atom stereocenters. The fourth-order valence-electron chi connectivity index (χ4n) is 2.21. The van der Waals surface area contributed by atoms with E-state index in [1.54, 1.807) is 0 Å². The average Bonchev–Trinajstić information content (AvgIpc) is 2.51. The van der Waals surface area contributed by atoms with Crippen molar-refractivity contribution in [1.29, 1.82) is 0 Å². The highest BCUT2D eigenvalue weighted by Gasteiger charge is 2.27. The van der Waals surface area contributed by atoms with Crippen molar-refractivity contribution in [2.24, 2.45) is 0 Å². The molecular formula is C11H20N2. The maximum Gasteiger partial charge on any atom is 0.0815 e. The molecule has 0 aromatic heterocycles. The van der Waals surface area contributed by atoms with Crippen molar-refractivity contribution in [3.05, 3.63) is 12.3 Å². The Hall–Kier alpha value is -0.500. The van der Waals surface area contributed by atoms with Gasteiger partial charge in [0.2, 0.25) is 0 Å². The molecule has 0 aromatic carbocycles. The molecule has 2 aliphatic rings. The van der Waals surface area contributed by atoms with E-state index in [0.717, 1.165) is 0 Å². The Morgan fingerprint density at radius 2 is 2.15 bits per heavy atom. The molecule has 0 radical (unpaired) electrons. The van der Waals surface area contributed by atoms with Crippen molar-refractivity contribution in [3.63, 3.8) is 0 Å². The van der Waals surface area contributed by atoms with Gasteiger partial charge in [-0.05, 0) is 25.5 Å². The van der Waals surface area contributed by atoms with Gasteiger partial charge in [-0.1, -0.05) is 19.4 Å². The quantitative estimate of drug-likeness (QED) is 0.653. The first-order chi connectivity index (χ1) is 6.42. The number of hydrogen-bond donors (Lipinski definition) is 0. The first-order valence-electron chi connectivity index (χ1n) is 5.58. The van der Waals surface area contributed by atoms with Gasteiger partial charge < -0.3 is 4.90 Å². The summed E-state index contributed by atoms with van der Waals surface area (Å²) < 4.78 is 0. The SMILES string of the molecule is CCCC(N1C=CCC1)N1CCC1. The zero-order chi connectivity index (χ0) is 9.10. The Morgan fingerprint density at radius 1 is 1.31 bits per heavy atom. The maximum absolute atomic E-state index is 2.61. The van der Waals surface area contributed by atoms with Crippen molar-refractivity contribution in [2.75, 3.05) is 19.6 Å². The summed E-state index contributed by atoms with van der Waals surface area (Å²) in [4.78, 5) is 5.13. The maximum atomic E-state index is 2.61. The fraction of sp³-hybridized carbons (Fsp3) is 0.818. The fourth-order valence-corrected chi connectivity index (χ4v) is 2.21. The normalized spacial score (nSPS) is 24.8. The predicted octanol–water partition coefficient (Wildman–Crippen LogP) is 2.04. The Kier molecular flexibility index (Phi) is 2.89. The van der Waals surface area contributed by atoms with Crippen LogP contribution < -0.4 is 0 Å². The third-order valence-electron chi connectivity index (χ3n) is 3.09. The van der Waals surface area contributed by atoms with E-state index >= 15 is 0 Å². The minimum atomic E-state index is 0.706.